The lowest BCUT2D eigenvalue weighted by Crippen LogP contribution is -2.62. The number of nitrogens with zero attached hydrogens (tertiary/aromatic N) is 2. The Morgan fingerprint density at radius 3 is 2.00 bits per heavy atom. The number of likely N-dealkylation sites (tertiary alicyclic amines) is 1. The fraction of sp³-hybridized carbons (Fsp3) is 0.480. The average Bonchev–Trinajstić information content (AvgIpc) is 3.22. The molecular weight excluding hydrogens is 408 g/mol. The van der Waals surface area contributed by atoms with Crippen molar-refractivity contribution in [3.63, 3.8) is 0 Å². The molecule has 6 heteroatoms. The van der Waals surface area contributed by atoms with E-state index in [1.807, 2.05) is 36.4 Å². The normalized spacial score (nSPS) is 19.6. The Kier molecular flexibility index (Phi) is 6.20. The molecule has 2 aromatic rings. The number of hydrogen-bond donors (Lipinski definition) is 0. The summed E-state index contributed by atoms with van der Waals surface area (Å²) in [5, 5.41) is 10.5. The van der Waals surface area contributed by atoms with Crippen molar-refractivity contribution < 1.29 is 12.6 Å². The summed E-state index contributed by atoms with van der Waals surface area (Å²) >= 11 is 0. The van der Waals surface area contributed by atoms with Crippen LogP contribution in [-0.2, 0) is 19.7 Å². The highest BCUT2D eigenvalue weighted by molar-refractivity contribution is 7.86. The van der Waals surface area contributed by atoms with Gasteiger partial charge in [0.05, 0.1) is 12.3 Å². The zero-order valence-corrected chi connectivity index (χ0v) is 18.9. The van der Waals surface area contributed by atoms with E-state index < -0.39 is 15.5 Å². The molecule has 2 aliphatic rings. The maximum Gasteiger partial charge on any atom is 0.264 e. The molecule has 2 fully saturated rings. The van der Waals surface area contributed by atoms with Gasteiger partial charge in [-0.15, -0.1) is 0 Å². The molecule has 0 amide bonds. The van der Waals surface area contributed by atoms with Gasteiger partial charge in [-0.25, -0.2) is 0 Å². The number of nitriles is 1. The van der Waals surface area contributed by atoms with Crippen molar-refractivity contribution in [3.05, 3.63) is 71.8 Å². The number of hydrogen-bond acceptors (Lipinski definition) is 5. The minimum atomic E-state index is -3.43. The zero-order valence-electron chi connectivity index (χ0n) is 18.0. The molecular formula is C25H30N2O3S. The van der Waals surface area contributed by atoms with Gasteiger partial charge in [-0.05, 0) is 36.8 Å². The Morgan fingerprint density at radius 1 is 1.03 bits per heavy atom. The summed E-state index contributed by atoms with van der Waals surface area (Å²) in [4.78, 5) is 2.40. The molecule has 164 valence electrons. The predicted molar refractivity (Wildman–Crippen MR) is 121 cm³/mol. The van der Waals surface area contributed by atoms with E-state index in [1.165, 1.54) is 12.8 Å². The molecule has 0 spiro atoms. The van der Waals surface area contributed by atoms with Crippen LogP contribution < -0.4 is 0 Å². The zero-order chi connectivity index (χ0) is 22.0. The van der Waals surface area contributed by atoms with Gasteiger partial charge < -0.3 is 0 Å². The monoisotopic (exact) mass is 438 g/mol. The van der Waals surface area contributed by atoms with Crippen LogP contribution in [0.15, 0.2) is 60.7 Å². The van der Waals surface area contributed by atoms with Crippen LogP contribution in [-0.4, -0.2) is 44.3 Å². The fourth-order valence-electron chi connectivity index (χ4n) is 5.40. The molecule has 2 aromatic carbocycles. The molecule has 1 saturated carbocycles. The summed E-state index contributed by atoms with van der Waals surface area (Å²) in [6, 6.07) is 22.9. The van der Waals surface area contributed by atoms with Crippen LogP contribution in [0, 0.1) is 11.3 Å². The third-order valence-corrected chi connectivity index (χ3v) is 7.68. The topological polar surface area (TPSA) is 70.4 Å². The van der Waals surface area contributed by atoms with Gasteiger partial charge in [0, 0.05) is 18.6 Å². The summed E-state index contributed by atoms with van der Waals surface area (Å²) in [6.45, 7) is 1.28. The van der Waals surface area contributed by atoms with E-state index >= 15 is 0 Å². The molecule has 4 rings (SSSR count). The molecule has 5 nitrogen and oxygen atoms in total. The predicted octanol–water partition coefficient (Wildman–Crippen LogP) is 4.25. The first-order valence-corrected chi connectivity index (χ1v) is 12.8. The SMILES string of the molecule is CS(=O)(=O)OC1CN(C2(CCC(C#N)(c3ccccc3)c3ccccc3)CCCC2)C1. The summed E-state index contributed by atoms with van der Waals surface area (Å²) in [5.41, 5.74) is 1.37. The van der Waals surface area contributed by atoms with Crippen LogP contribution in [0.1, 0.15) is 49.7 Å². The van der Waals surface area contributed by atoms with Crippen molar-refractivity contribution in [2.75, 3.05) is 19.3 Å². The first-order chi connectivity index (χ1) is 14.9. The second-order valence-corrected chi connectivity index (χ2v) is 10.6. The Bertz CT molecular complexity index is 980. The molecule has 1 heterocycles. The van der Waals surface area contributed by atoms with E-state index in [2.05, 4.69) is 35.2 Å². The molecule has 1 saturated heterocycles. The maximum absolute atomic E-state index is 11.5. The van der Waals surface area contributed by atoms with E-state index in [-0.39, 0.29) is 11.6 Å². The second kappa shape index (κ2) is 8.74. The van der Waals surface area contributed by atoms with E-state index in [9.17, 15) is 13.7 Å². The van der Waals surface area contributed by atoms with Crippen LogP contribution in [0.25, 0.3) is 0 Å². The highest BCUT2D eigenvalue weighted by Gasteiger charge is 2.48. The van der Waals surface area contributed by atoms with Gasteiger partial charge in [0.15, 0.2) is 0 Å². The smallest absolute Gasteiger partial charge is 0.264 e. The van der Waals surface area contributed by atoms with Crippen molar-refractivity contribution in [1.29, 1.82) is 5.26 Å². The van der Waals surface area contributed by atoms with Gasteiger partial charge in [0.1, 0.15) is 11.5 Å². The standard InChI is InChI=1S/C25H30N2O3S/c1-31(28,29)30-23-18-27(19-23)24(14-8-9-15-24)16-17-25(20-26,21-10-4-2-5-11-21)22-12-6-3-7-13-22/h2-7,10-13,23H,8-9,14-19H2,1H3. The quantitative estimate of drug-likeness (QED) is 0.576. The van der Waals surface area contributed by atoms with Crippen LogP contribution in [0.2, 0.25) is 0 Å². The molecule has 31 heavy (non-hydrogen) atoms. The number of rotatable bonds is 8. The molecule has 0 bridgehead atoms. The summed E-state index contributed by atoms with van der Waals surface area (Å²) in [6.07, 6.45) is 7.00. The highest BCUT2D eigenvalue weighted by atomic mass is 32.2. The fourth-order valence-corrected chi connectivity index (χ4v) is 6.01. The Morgan fingerprint density at radius 2 is 1.55 bits per heavy atom. The summed E-state index contributed by atoms with van der Waals surface area (Å²) < 4.78 is 28.1. The first kappa shape index (κ1) is 22.0. The van der Waals surface area contributed by atoms with Crippen LogP contribution >= 0.6 is 0 Å². The van der Waals surface area contributed by atoms with Crippen molar-refractivity contribution in [3.8, 4) is 6.07 Å². The van der Waals surface area contributed by atoms with Gasteiger partial charge in [-0.2, -0.15) is 13.7 Å². The highest BCUT2D eigenvalue weighted by Crippen LogP contribution is 2.46. The van der Waals surface area contributed by atoms with Gasteiger partial charge in [-0.3, -0.25) is 9.08 Å². The summed E-state index contributed by atoms with van der Waals surface area (Å²) in [7, 11) is -3.43. The first-order valence-electron chi connectivity index (χ1n) is 11.0. The largest absolute Gasteiger partial charge is 0.292 e. The van der Waals surface area contributed by atoms with E-state index in [1.54, 1.807) is 0 Å². The lowest BCUT2D eigenvalue weighted by Gasteiger charge is -2.51. The van der Waals surface area contributed by atoms with Crippen LogP contribution in [0.4, 0.5) is 0 Å². The van der Waals surface area contributed by atoms with Gasteiger partial charge in [0.2, 0.25) is 0 Å². The van der Waals surface area contributed by atoms with Gasteiger partial charge in [-0.1, -0.05) is 73.5 Å². The molecule has 0 atom stereocenters. The average molecular weight is 439 g/mol. The van der Waals surface area contributed by atoms with Crippen molar-refractivity contribution in [2.45, 2.75) is 55.6 Å². The number of benzene rings is 2. The Hall–Kier alpha value is -2.20. The lowest BCUT2D eigenvalue weighted by molar-refractivity contribution is -0.0562. The molecule has 1 aliphatic carbocycles. The van der Waals surface area contributed by atoms with Crippen LogP contribution in [0.3, 0.4) is 0 Å². The molecule has 1 aliphatic heterocycles. The Labute approximate surface area is 185 Å². The third kappa shape index (κ3) is 4.55. The molecule has 0 N–H and O–H groups in total. The van der Waals surface area contributed by atoms with E-state index in [0.29, 0.717) is 13.1 Å². The van der Waals surface area contributed by atoms with Crippen molar-refractivity contribution in [1.82, 2.24) is 4.90 Å². The van der Waals surface area contributed by atoms with Gasteiger partial charge >= 0.3 is 0 Å². The Balaban J connectivity index is 1.58. The third-order valence-electron chi connectivity index (χ3n) is 7.05. The summed E-state index contributed by atoms with van der Waals surface area (Å²) in [5.74, 6) is 0. The minimum absolute atomic E-state index is 0.0169. The van der Waals surface area contributed by atoms with Crippen molar-refractivity contribution >= 4 is 10.1 Å². The van der Waals surface area contributed by atoms with Gasteiger partial charge in [0.25, 0.3) is 10.1 Å². The molecule has 0 aromatic heterocycles. The lowest BCUT2D eigenvalue weighted by atomic mass is 9.69. The second-order valence-electron chi connectivity index (χ2n) is 9.01. The van der Waals surface area contributed by atoms with Crippen molar-refractivity contribution in [2.24, 2.45) is 0 Å². The van der Waals surface area contributed by atoms with E-state index in [0.717, 1.165) is 43.1 Å². The molecule has 0 radical (unpaired) electrons. The maximum atomic E-state index is 11.5. The van der Waals surface area contributed by atoms with E-state index in [4.69, 9.17) is 4.18 Å². The molecule has 0 unspecified atom stereocenters. The van der Waals surface area contributed by atoms with Crippen LogP contribution in [0.5, 0.6) is 0 Å². The minimum Gasteiger partial charge on any atom is -0.292 e.